The molecule has 0 bridgehead atoms. The van der Waals surface area contributed by atoms with E-state index in [0.29, 0.717) is 6.07 Å². The lowest BCUT2D eigenvalue weighted by atomic mass is 9.79. The fraction of sp³-hybridized carbons (Fsp3) is 0.0625. The summed E-state index contributed by atoms with van der Waals surface area (Å²) >= 11 is 0. The van der Waals surface area contributed by atoms with Crippen LogP contribution in [0.15, 0.2) is 0 Å². The van der Waals surface area contributed by atoms with E-state index in [1.165, 1.54) is 0 Å². The summed E-state index contributed by atoms with van der Waals surface area (Å²) < 4.78 is 319. The van der Waals surface area contributed by atoms with Gasteiger partial charge in [-0.15, -0.1) is 0 Å². The molecule has 0 unspecified atom stereocenters. The largest absolute Gasteiger partial charge is 0.228 e. The summed E-state index contributed by atoms with van der Waals surface area (Å²) in [7, 11) is 0. The molecule has 5 aromatic carbocycles. The van der Waals surface area contributed by atoms with Crippen molar-refractivity contribution in [2.75, 3.05) is 0 Å². The number of halogens is 21. The lowest BCUT2D eigenvalue weighted by Crippen LogP contribution is -2.33. The maximum atomic E-state index is 17.5. The van der Waals surface area contributed by atoms with E-state index >= 15 is 57.1 Å². The first kappa shape index (κ1) is 36.0. The first-order valence-corrected chi connectivity index (χ1v) is 13.5. The Bertz CT molecular complexity index is 2450. The fourth-order valence-electron chi connectivity index (χ4n) is 6.60. The molecule has 1 radical (unpaired) electrons. The number of alkyl halides is 2. The molecular formula is C32F21. The fourth-order valence-corrected chi connectivity index (χ4v) is 6.60. The van der Waals surface area contributed by atoms with Gasteiger partial charge in [0, 0.05) is 56.1 Å². The maximum Gasteiger partial charge on any atom is 0.199 e. The molecule has 0 spiro atoms. The molecule has 21 heteroatoms. The standard InChI is InChI=1S/C32F21/c33-3-1-2(31(52)8-4(15(36)23(44)27(48)19(8)40)5-9(31)20(41)28(49)24(45)16(5)37)13(34)12(14(3)35)32(53)10-6(17(38)25(46)29(50)21(10)42)7-11(32)22(43)30(51)26(47)18(7)39. The average Bonchev–Trinajstić information content (AvgIpc) is 3.56. The highest BCUT2D eigenvalue weighted by atomic mass is 19.2. The van der Waals surface area contributed by atoms with Crippen molar-refractivity contribution in [2.24, 2.45) is 0 Å². The Hall–Kier alpha value is -5.37. The topological polar surface area (TPSA) is 0 Å². The normalized spacial score (nSPS) is 14.8. The molecular weight excluding hydrogens is 783 g/mol. The second-order valence-electron chi connectivity index (χ2n) is 11.2. The van der Waals surface area contributed by atoms with Crippen molar-refractivity contribution < 1.29 is 92.2 Å². The third-order valence-electron chi connectivity index (χ3n) is 8.72. The molecule has 0 amide bonds. The monoisotopic (exact) mass is 783 g/mol. The van der Waals surface area contributed by atoms with Gasteiger partial charge in [0.2, 0.25) is 0 Å². The Morgan fingerprint density at radius 3 is 0.774 bits per heavy atom. The third-order valence-corrected chi connectivity index (χ3v) is 8.72. The summed E-state index contributed by atoms with van der Waals surface area (Å²) in [6.45, 7) is 0. The minimum Gasteiger partial charge on any atom is -0.228 e. The molecule has 0 aliphatic heterocycles. The van der Waals surface area contributed by atoms with Crippen LogP contribution in [0.3, 0.4) is 0 Å². The van der Waals surface area contributed by atoms with Gasteiger partial charge in [0.1, 0.15) is 5.82 Å². The summed E-state index contributed by atoms with van der Waals surface area (Å²) in [5.41, 5.74) is -38.7. The van der Waals surface area contributed by atoms with Crippen molar-refractivity contribution in [3.8, 4) is 22.3 Å². The van der Waals surface area contributed by atoms with Gasteiger partial charge in [-0.05, 0) is 0 Å². The highest BCUT2D eigenvalue weighted by Gasteiger charge is 2.61. The van der Waals surface area contributed by atoms with E-state index in [1.54, 1.807) is 0 Å². The quantitative estimate of drug-likeness (QED) is 0.0951. The molecule has 275 valence electrons. The molecule has 2 aliphatic carbocycles. The zero-order valence-corrected chi connectivity index (χ0v) is 23.9. The molecule has 0 heterocycles. The SMILES string of the molecule is Fc1[c]c(C2(F)c3c(F)c(F)c(F)c(F)c3-c3c(F)c(F)c(F)c(F)c32)c(F)c(C2(F)c3c(F)c(F)c(F)c(F)c3-c3c(F)c(F)c(F)c(F)c32)c1F. The molecule has 0 aromatic heterocycles. The molecule has 0 saturated heterocycles. The molecule has 0 fully saturated rings. The summed E-state index contributed by atoms with van der Waals surface area (Å²) in [5.74, 6) is -59.8. The number of benzene rings is 5. The second kappa shape index (κ2) is 10.8. The van der Waals surface area contributed by atoms with Crippen molar-refractivity contribution in [1.29, 1.82) is 0 Å². The predicted octanol–water partition coefficient (Wildman–Crippen LogP) is 10.6. The van der Waals surface area contributed by atoms with Gasteiger partial charge in [-0.25, -0.2) is 92.2 Å². The molecule has 2 aliphatic rings. The Labute approximate surface area is 276 Å². The number of fused-ring (bicyclic) bond motifs is 6. The Morgan fingerprint density at radius 1 is 0.245 bits per heavy atom. The van der Waals surface area contributed by atoms with E-state index in [1.807, 2.05) is 0 Å². The van der Waals surface area contributed by atoms with Crippen LogP contribution in [0.1, 0.15) is 33.4 Å². The van der Waals surface area contributed by atoms with Crippen LogP contribution in [0.25, 0.3) is 22.3 Å². The minimum atomic E-state index is -5.64. The van der Waals surface area contributed by atoms with Crippen LogP contribution < -0.4 is 0 Å². The Kier molecular flexibility index (Phi) is 7.37. The van der Waals surface area contributed by atoms with E-state index in [0.717, 1.165) is 0 Å². The Morgan fingerprint density at radius 2 is 0.491 bits per heavy atom. The van der Waals surface area contributed by atoms with Crippen molar-refractivity contribution in [3.63, 3.8) is 0 Å². The van der Waals surface area contributed by atoms with Gasteiger partial charge in [0.25, 0.3) is 0 Å². The van der Waals surface area contributed by atoms with Crippen molar-refractivity contribution in [3.05, 3.63) is 150 Å². The van der Waals surface area contributed by atoms with E-state index in [9.17, 15) is 35.1 Å². The predicted molar refractivity (Wildman–Crippen MR) is 130 cm³/mol. The number of hydrogen-bond acceptors (Lipinski definition) is 0. The third kappa shape index (κ3) is 3.88. The minimum absolute atomic E-state index is 0.619. The number of hydrogen-bond donors (Lipinski definition) is 0. The van der Waals surface area contributed by atoms with Gasteiger partial charge < -0.3 is 0 Å². The molecule has 0 atom stereocenters. The highest BCUT2D eigenvalue weighted by molar-refractivity contribution is 5.86. The smallest absolute Gasteiger partial charge is 0.199 e. The first-order valence-electron chi connectivity index (χ1n) is 13.5. The molecule has 7 rings (SSSR count). The zero-order chi connectivity index (χ0) is 39.5. The van der Waals surface area contributed by atoms with E-state index in [4.69, 9.17) is 0 Å². The first-order chi connectivity index (χ1) is 24.5. The molecule has 5 aromatic rings. The highest BCUT2D eigenvalue weighted by Crippen LogP contribution is 2.62. The Balaban J connectivity index is 1.73. The van der Waals surface area contributed by atoms with Crippen LogP contribution >= 0.6 is 0 Å². The van der Waals surface area contributed by atoms with Gasteiger partial charge in [-0.2, -0.15) is 0 Å². The van der Waals surface area contributed by atoms with Crippen molar-refractivity contribution in [2.45, 2.75) is 11.3 Å². The molecule has 0 N–H and O–H groups in total. The van der Waals surface area contributed by atoms with Crippen molar-refractivity contribution in [1.82, 2.24) is 0 Å². The van der Waals surface area contributed by atoms with E-state index in [-0.39, 0.29) is 0 Å². The zero-order valence-electron chi connectivity index (χ0n) is 23.9. The number of rotatable bonds is 2. The summed E-state index contributed by atoms with van der Waals surface area (Å²) in [5, 5.41) is 0. The van der Waals surface area contributed by atoms with Crippen LogP contribution in [0.4, 0.5) is 92.2 Å². The summed E-state index contributed by atoms with van der Waals surface area (Å²) in [6, 6.07) is 0.619. The van der Waals surface area contributed by atoms with Gasteiger partial charge in [-0.3, -0.25) is 0 Å². The van der Waals surface area contributed by atoms with Crippen LogP contribution in [0.5, 0.6) is 0 Å². The maximum absolute atomic E-state index is 17.5. The summed E-state index contributed by atoms with van der Waals surface area (Å²) in [6.07, 6.45) is 0. The van der Waals surface area contributed by atoms with Gasteiger partial charge >= 0.3 is 0 Å². The van der Waals surface area contributed by atoms with Crippen LogP contribution in [-0.4, -0.2) is 0 Å². The molecule has 0 nitrogen and oxygen atoms in total. The van der Waals surface area contributed by atoms with Crippen LogP contribution in [-0.2, 0) is 11.3 Å². The lowest BCUT2D eigenvalue weighted by Gasteiger charge is -2.30. The lowest BCUT2D eigenvalue weighted by molar-refractivity contribution is 0.226. The van der Waals surface area contributed by atoms with Crippen LogP contribution in [0, 0.1) is 117 Å². The second-order valence-corrected chi connectivity index (χ2v) is 11.2. The van der Waals surface area contributed by atoms with Gasteiger partial charge in [-0.1, -0.05) is 0 Å². The van der Waals surface area contributed by atoms with E-state index < -0.39 is 177 Å². The molecule has 0 saturated carbocycles. The molecule has 53 heavy (non-hydrogen) atoms. The van der Waals surface area contributed by atoms with Gasteiger partial charge in [0.15, 0.2) is 116 Å². The van der Waals surface area contributed by atoms with E-state index in [2.05, 4.69) is 0 Å². The van der Waals surface area contributed by atoms with Gasteiger partial charge in [0.05, 0.1) is 5.56 Å². The van der Waals surface area contributed by atoms with Crippen LogP contribution in [0.2, 0.25) is 0 Å². The van der Waals surface area contributed by atoms with Crippen molar-refractivity contribution >= 4 is 0 Å². The summed E-state index contributed by atoms with van der Waals surface area (Å²) in [4.78, 5) is 0. The average molecular weight is 783 g/mol.